The van der Waals surface area contributed by atoms with Gasteiger partial charge in [-0.05, 0) is 135 Å². The number of ether oxygens (including phenoxy) is 6. The van der Waals surface area contributed by atoms with Gasteiger partial charge in [0.2, 0.25) is 0 Å². The second-order valence-electron chi connectivity index (χ2n) is 12.7. The summed E-state index contributed by atoms with van der Waals surface area (Å²) < 4.78 is 33.3. The Balaban J connectivity index is 1.80. The van der Waals surface area contributed by atoms with Crippen LogP contribution in [-0.2, 0) is 39.5 Å². The third-order valence-corrected chi connectivity index (χ3v) is 8.86. The molecule has 0 aliphatic carbocycles. The maximum Gasteiger partial charge on any atom is 0.345 e. The summed E-state index contributed by atoms with van der Waals surface area (Å²) in [4.78, 5) is 39.9. The van der Waals surface area contributed by atoms with E-state index in [0.29, 0.717) is 17.2 Å². The van der Waals surface area contributed by atoms with E-state index in [0.717, 1.165) is 14.7 Å². The maximum absolute atomic E-state index is 12.4. The van der Waals surface area contributed by atoms with Crippen molar-refractivity contribution in [2.45, 2.75) is 93.8 Å². The molecule has 52 heavy (non-hydrogen) atoms. The molecule has 10 heteroatoms. The molecule has 0 amide bonds. The van der Waals surface area contributed by atoms with Gasteiger partial charge in [0.05, 0.1) is 10.9 Å². The van der Waals surface area contributed by atoms with Crippen LogP contribution in [0.15, 0.2) is 87.5 Å². The number of benzene rings is 3. The predicted octanol–water partition coefficient (Wildman–Crippen LogP) is 6.95. The van der Waals surface area contributed by atoms with Crippen LogP contribution >= 0.6 is 0 Å². The fourth-order valence-corrected chi connectivity index (χ4v) is 6.81. The number of carbonyl (C=O) groups is 3. The van der Waals surface area contributed by atoms with Crippen LogP contribution in [0.3, 0.4) is 0 Å². The van der Waals surface area contributed by atoms with Crippen LogP contribution < -0.4 is 14.2 Å². The number of hydrogen-bond acceptors (Lipinski definition) is 9. The topological polar surface area (TPSA) is 107 Å². The molecule has 0 unspecified atom stereocenters. The third kappa shape index (κ3) is 13.7. The van der Waals surface area contributed by atoms with E-state index in [4.69, 9.17) is 28.4 Å². The van der Waals surface area contributed by atoms with Crippen molar-refractivity contribution in [3.05, 3.63) is 72.8 Å². The van der Waals surface area contributed by atoms with Crippen molar-refractivity contribution in [3.8, 4) is 52.8 Å². The molecule has 3 aromatic carbocycles. The smallest absolute Gasteiger partial charge is 0.345 e. The van der Waals surface area contributed by atoms with Crippen LogP contribution in [0.25, 0.3) is 0 Å². The van der Waals surface area contributed by atoms with Gasteiger partial charge in [-0.25, -0.2) is 14.4 Å². The fourth-order valence-electron chi connectivity index (χ4n) is 4.77. The normalized spacial score (nSPS) is 11.0. The molecular formula is C42H45O9S+. The molecular weight excluding hydrogens is 681 g/mol. The number of hydrogen-bond donors (Lipinski definition) is 0. The Kier molecular flexibility index (Phi) is 14.7. The van der Waals surface area contributed by atoms with Gasteiger partial charge in [0.25, 0.3) is 0 Å². The zero-order valence-electron chi connectivity index (χ0n) is 31.1. The average molecular weight is 726 g/mol. The van der Waals surface area contributed by atoms with Crippen LogP contribution in [0.2, 0.25) is 0 Å². The molecule has 0 saturated heterocycles. The van der Waals surface area contributed by atoms with Crippen molar-refractivity contribution >= 4 is 28.8 Å². The van der Waals surface area contributed by atoms with Crippen LogP contribution in [0.4, 0.5) is 0 Å². The molecule has 9 nitrogen and oxygen atoms in total. The summed E-state index contributed by atoms with van der Waals surface area (Å²) in [6.07, 6.45) is 0. The summed E-state index contributed by atoms with van der Waals surface area (Å²) in [7, 11) is -0.612. The van der Waals surface area contributed by atoms with Crippen LogP contribution in [0, 0.1) is 35.5 Å². The SMILES string of the molecule is CC#CC(C)(C)OC(=O)COc1ccc([S+](c2ccc(OCC(=O)OC(C)(C)C#CC)cc2)c2ccc(OCC(=O)OC(C)(C)C#CC)cc2)cc1. The second kappa shape index (κ2) is 18.7. The monoisotopic (exact) mass is 725 g/mol. The highest BCUT2D eigenvalue weighted by molar-refractivity contribution is 7.97. The van der Waals surface area contributed by atoms with Gasteiger partial charge in [0.15, 0.2) is 51.3 Å². The van der Waals surface area contributed by atoms with Crippen molar-refractivity contribution in [1.29, 1.82) is 0 Å². The Morgan fingerprint density at radius 3 is 0.904 bits per heavy atom. The minimum absolute atomic E-state index is 0.267. The van der Waals surface area contributed by atoms with Gasteiger partial charge in [-0.3, -0.25) is 0 Å². The lowest BCUT2D eigenvalue weighted by molar-refractivity contribution is -0.155. The van der Waals surface area contributed by atoms with E-state index in [2.05, 4.69) is 35.5 Å². The average Bonchev–Trinajstić information content (AvgIpc) is 3.06. The highest BCUT2D eigenvalue weighted by Gasteiger charge is 2.30. The first-order valence-corrected chi connectivity index (χ1v) is 17.7. The van der Waals surface area contributed by atoms with E-state index in [9.17, 15) is 14.4 Å². The van der Waals surface area contributed by atoms with Gasteiger partial charge in [-0.1, -0.05) is 17.8 Å². The molecule has 0 bridgehead atoms. The number of carbonyl (C=O) groups excluding carboxylic acids is 3. The molecule has 0 N–H and O–H groups in total. The first kappa shape index (κ1) is 40.9. The van der Waals surface area contributed by atoms with E-state index in [1.807, 2.05) is 36.4 Å². The zero-order chi connectivity index (χ0) is 38.4. The quantitative estimate of drug-likeness (QED) is 0.0712. The Labute approximate surface area is 310 Å². The van der Waals surface area contributed by atoms with Gasteiger partial charge in [-0.15, -0.1) is 17.8 Å². The second-order valence-corrected chi connectivity index (χ2v) is 14.7. The van der Waals surface area contributed by atoms with Gasteiger partial charge in [0.1, 0.15) is 17.2 Å². The first-order chi connectivity index (χ1) is 24.5. The molecule has 0 heterocycles. The van der Waals surface area contributed by atoms with Crippen molar-refractivity contribution < 1.29 is 42.8 Å². The third-order valence-electron chi connectivity index (χ3n) is 6.63. The Hall–Kier alpha value is -5.50. The maximum atomic E-state index is 12.4. The van der Waals surface area contributed by atoms with Crippen molar-refractivity contribution in [2.24, 2.45) is 0 Å². The minimum Gasteiger partial charge on any atom is -0.482 e. The Bertz CT molecular complexity index is 1650. The van der Waals surface area contributed by atoms with Gasteiger partial charge < -0.3 is 28.4 Å². The van der Waals surface area contributed by atoms with Crippen molar-refractivity contribution in [1.82, 2.24) is 0 Å². The first-order valence-electron chi connectivity index (χ1n) is 16.5. The number of esters is 3. The summed E-state index contributed by atoms with van der Waals surface area (Å²) in [6, 6.07) is 22.3. The van der Waals surface area contributed by atoms with Crippen molar-refractivity contribution in [3.63, 3.8) is 0 Å². The van der Waals surface area contributed by atoms with Gasteiger partial charge in [0, 0.05) is 0 Å². The van der Waals surface area contributed by atoms with Crippen LogP contribution in [-0.4, -0.2) is 54.5 Å². The predicted molar refractivity (Wildman–Crippen MR) is 199 cm³/mol. The highest BCUT2D eigenvalue weighted by atomic mass is 32.2. The van der Waals surface area contributed by atoms with E-state index in [-0.39, 0.29) is 19.8 Å². The Morgan fingerprint density at radius 2 is 0.692 bits per heavy atom. The molecule has 3 rings (SSSR count). The molecule has 3 aromatic rings. The molecule has 0 aliphatic rings. The molecule has 0 fully saturated rings. The molecule has 0 saturated carbocycles. The van der Waals surface area contributed by atoms with Crippen LogP contribution in [0.1, 0.15) is 62.3 Å². The van der Waals surface area contributed by atoms with Crippen LogP contribution in [0.5, 0.6) is 17.2 Å². The fraction of sp³-hybridized carbons (Fsp3) is 0.357. The van der Waals surface area contributed by atoms with Gasteiger partial charge >= 0.3 is 17.9 Å². The molecule has 272 valence electrons. The largest absolute Gasteiger partial charge is 0.482 e. The lowest BCUT2D eigenvalue weighted by Gasteiger charge is -2.19. The summed E-state index contributed by atoms with van der Waals surface area (Å²) in [6.45, 7) is 14.5. The number of rotatable bonds is 15. The van der Waals surface area contributed by atoms with E-state index in [1.165, 1.54) is 0 Å². The van der Waals surface area contributed by atoms with E-state index < -0.39 is 45.6 Å². The molecule has 0 aromatic heterocycles. The zero-order valence-corrected chi connectivity index (χ0v) is 31.9. The summed E-state index contributed by atoms with van der Waals surface area (Å²) >= 11 is 0. The Morgan fingerprint density at radius 1 is 0.462 bits per heavy atom. The van der Waals surface area contributed by atoms with Gasteiger partial charge in [-0.2, -0.15) is 0 Å². The lowest BCUT2D eigenvalue weighted by atomic mass is 10.1. The van der Waals surface area contributed by atoms with Crippen molar-refractivity contribution in [2.75, 3.05) is 19.8 Å². The molecule has 0 radical (unpaired) electrons. The molecule has 0 spiro atoms. The summed E-state index contributed by atoms with van der Waals surface area (Å²) in [5.74, 6) is 16.7. The minimum atomic E-state index is -0.914. The summed E-state index contributed by atoms with van der Waals surface area (Å²) in [5.41, 5.74) is -2.74. The van der Waals surface area contributed by atoms with E-state index in [1.54, 1.807) is 98.7 Å². The lowest BCUT2D eigenvalue weighted by Crippen LogP contribution is -2.29. The summed E-state index contributed by atoms with van der Waals surface area (Å²) in [5, 5.41) is 0. The molecule has 0 aliphatic heterocycles. The standard InChI is InChI=1S/C42H45O9S/c1-10-25-40(4,5)49-37(43)28-46-31-13-19-34(20-14-31)52(35-21-15-32(16-22-35)47-29-38(44)50-41(6,7)26-11-2)36-23-17-33(18-24-36)48-30-39(45)51-42(8,9)27-12-3/h13-24H,28-30H2,1-9H3/q+1. The molecule has 0 atom stereocenters. The van der Waals surface area contributed by atoms with E-state index >= 15 is 0 Å². The highest BCUT2D eigenvalue weighted by Crippen LogP contribution is 2.34.